The number of aromatic nitrogens is 1. The molecule has 0 amide bonds. The fourth-order valence-electron chi connectivity index (χ4n) is 7.35. The molecule has 0 saturated heterocycles. The molecule has 0 spiro atoms. The lowest BCUT2D eigenvalue weighted by Crippen LogP contribution is -2.44. The highest BCUT2D eigenvalue weighted by Gasteiger charge is 2.25. The number of anilines is 3. The molecule has 1 aromatic heterocycles. The van der Waals surface area contributed by atoms with Gasteiger partial charge >= 0.3 is 0 Å². The van der Waals surface area contributed by atoms with Gasteiger partial charge in [-0.05, 0) is 59.7 Å². The fraction of sp³-hybridized carbons (Fsp3) is 0.233. The second-order valence-corrected chi connectivity index (χ2v) is 14.0. The Kier molecular flexibility index (Phi) is 8.51. The maximum atomic E-state index is 6.19. The first-order valence-electron chi connectivity index (χ1n) is 17.7. The Morgan fingerprint density at radius 1 is 0.820 bits per heavy atom. The van der Waals surface area contributed by atoms with E-state index in [0.717, 1.165) is 77.8 Å². The normalized spacial score (nSPS) is 17.8. The minimum Gasteiger partial charge on any atom is -0.465 e. The standard InChI is InChI=1S/C43H45N5O2/c1-45-39-19-9-11-21-41(39)50-43(45)31-33-23-27-47(38-18-8-5-15-35(33)38)25-13-29-48(2,3)28-12-24-46-26-22-32(34-14-4-7-17-37(34)46)30-42-44-36-16-6-10-20-40(36)49-42/h4-11,14-23,26-27,30-31,42,44H,12-13,24-25,28-29H2,1-3H3/q+2. The minimum atomic E-state index is -0.178. The van der Waals surface area contributed by atoms with Gasteiger partial charge in [0, 0.05) is 55.7 Å². The number of rotatable bonds is 10. The summed E-state index contributed by atoms with van der Waals surface area (Å²) in [4.78, 5) is 4.51. The average molecular weight is 664 g/mol. The highest BCUT2D eigenvalue weighted by atomic mass is 16.5. The minimum absolute atomic E-state index is 0.178. The smallest absolute Gasteiger partial charge is 0.213 e. The molecule has 50 heavy (non-hydrogen) atoms. The topological polar surface area (TPSA) is 40.9 Å². The predicted molar refractivity (Wildman–Crippen MR) is 204 cm³/mol. The first-order chi connectivity index (χ1) is 24.4. The summed E-state index contributed by atoms with van der Waals surface area (Å²) in [6.07, 6.45) is 13.0. The molecule has 0 saturated carbocycles. The summed E-state index contributed by atoms with van der Waals surface area (Å²) in [6, 6.07) is 35.9. The first-order valence-corrected chi connectivity index (χ1v) is 17.7. The molecular formula is C43H45N5O2+2. The van der Waals surface area contributed by atoms with E-state index in [2.05, 4.69) is 138 Å². The maximum Gasteiger partial charge on any atom is 0.213 e. The van der Waals surface area contributed by atoms with Gasteiger partial charge in [0.15, 0.2) is 24.7 Å². The van der Waals surface area contributed by atoms with E-state index in [0.29, 0.717) is 0 Å². The number of para-hydroxylation sites is 6. The van der Waals surface area contributed by atoms with E-state index in [1.165, 1.54) is 27.7 Å². The Balaban J connectivity index is 0.875. The van der Waals surface area contributed by atoms with Crippen molar-refractivity contribution in [2.75, 3.05) is 55.9 Å². The van der Waals surface area contributed by atoms with Crippen molar-refractivity contribution in [2.45, 2.75) is 25.6 Å². The summed E-state index contributed by atoms with van der Waals surface area (Å²) in [6.45, 7) is 4.18. The molecule has 4 aromatic carbocycles. The SMILES string of the molecule is CN1C(=Cc2cc[n+](CCC[N+](C)(C)CCCN3C=CC(=CC4Nc5ccccc5O4)c4ccccc43)c3ccccc23)Oc2ccccc21. The number of nitrogens with one attached hydrogen (secondary N) is 1. The Morgan fingerprint density at radius 3 is 2.42 bits per heavy atom. The molecule has 1 unspecified atom stereocenters. The van der Waals surface area contributed by atoms with E-state index in [9.17, 15) is 0 Å². The second kappa shape index (κ2) is 13.4. The lowest BCUT2D eigenvalue weighted by atomic mass is 9.99. The van der Waals surface area contributed by atoms with Crippen LogP contribution in [-0.2, 0) is 6.54 Å². The third-order valence-electron chi connectivity index (χ3n) is 10.1. The van der Waals surface area contributed by atoms with Crippen molar-refractivity contribution in [3.05, 3.63) is 145 Å². The molecule has 0 fully saturated rings. The van der Waals surface area contributed by atoms with Crippen molar-refractivity contribution in [2.24, 2.45) is 0 Å². The van der Waals surface area contributed by atoms with Crippen LogP contribution in [0.4, 0.5) is 17.1 Å². The zero-order chi connectivity index (χ0) is 34.1. The largest absolute Gasteiger partial charge is 0.465 e. The number of aryl methyl sites for hydroxylation is 1. The van der Waals surface area contributed by atoms with Crippen molar-refractivity contribution in [1.29, 1.82) is 0 Å². The van der Waals surface area contributed by atoms with Crippen molar-refractivity contribution in [1.82, 2.24) is 0 Å². The van der Waals surface area contributed by atoms with Crippen LogP contribution < -0.4 is 29.2 Å². The van der Waals surface area contributed by atoms with Crippen molar-refractivity contribution in [3.63, 3.8) is 0 Å². The Labute approximate surface area is 295 Å². The summed E-state index contributed by atoms with van der Waals surface area (Å²) >= 11 is 0. The zero-order valence-corrected chi connectivity index (χ0v) is 29.1. The number of nitrogens with zero attached hydrogens (tertiary/aromatic N) is 4. The molecule has 0 aliphatic carbocycles. The van der Waals surface area contributed by atoms with E-state index in [1.807, 2.05) is 36.4 Å². The number of pyridine rings is 1. The number of quaternary nitrogens is 1. The van der Waals surface area contributed by atoms with E-state index in [-0.39, 0.29) is 6.23 Å². The number of fused-ring (bicyclic) bond motifs is 4. The van der Waals surface area contributed by atoms with E-state index < -0.39 is 0 Å². The van der Waals surface area contributed by atoms with Gasteiger partial charge in [-0.1, -0.05) is 54.6 Å². The fourth-order valence-corrected chi connectivity index (χ4v) is 7.35. The van der Waals surface area contributed by atoms with Crippen molar-refractivity contribution < 1.29 is 18.5 Å². The highest BCUT2D eigenvalue weighted by Crippen LogP contribution is 2.39. The van der Waals surface area contributed by atoms with Gasteiger partial charge in [-0.2, -0.15) is 4.57 Å². The van der Waals surface area contributed by atoms with Crippen LogP contribution in [0.5, 0.6) is 11.5 Å². The summed E-state index contributed by atoms with van der Waals surface area (Å²) < 4.78 is 15.7. The summed E-state index contributed by atoms with van der Waals surface area (Å²) in [5.41, 5.74) is 8.20. The number of hydrogen-bond donors (Lipinski definition) is 1. The van der Waals surface area contributed by atoms with Gasteiger partial charge in [0.05, 0.1) is 50.4 Å². The summed E-state index contributed by atoms with van der Waals surface area (Å²) in [5, 5.41) is 4.70. The third kappa shape index (κ3) is 6.44. The van der Waals surface area contributed by atoms with Gasteiger partial charge < -0.3 is 29.1 Å². The molecule has 7 heteroatoms. The van der Waals surface area contributed by atoms with Crippen LogP contribution in [0.25, 0.3) is 22.6 Å². The van der Waals surface area contributed by atoms with Crippen molar-refractivity contribution in [3.8, 4) is 11.5 Å². The van der Waals surface area contributed by atoms with Crippen LogP contribution in [-0.4, -0.2) is 51.5 Å². The van der Waals surface area contributed by atoms with E-state index in [1.54, 1.807) is 0 Å². The maximum absolute atomic E-state index is 6.19. The average Bonchev–Trinajstić information content (AvgIpc) is 3.69. The lowest BCUT2D eigenvalue weighted by molar-refractivity contribution is -0.892. The van der Waals surface area contributed by atoms with Crippen molar-refractivity contribution >= 4 is 39.6 Å². The molecular weight excluding hydrogens is 619 g/mol. The first kappa shape index (κ1) is 31.7. The van der Waals surface area contributed by atoms with Crippen LogP contribution >= 0.6 is 0 Å². The van der Waals surface area contributed by atoms with Gasteiger partial charge in [-0.3, -0.25) is 0 Å². The predicted octanol–water partition coefficient (Wildman–Crippen LogP) is 8.06. The quantitative estimate of drug-likeness (QED) is 0.121. The third-order valence-corrected chi connectivity index (χ3v) is 10.1. The summed E-state index contributed by atoms with van der Waals surface area (Å²) in [5.74, 6) is 2.64. The number of allylic oxidation sites excluding steroid dienone is 2. The monoisotopic (exact) mass is 663 g/mol. The molecule has 252 valence electrons. The highest BCUT2D eigenvalue weighted by molar-refractivity contribution is 5.88. The Hall–Kier alpha value is -5.53. The van der Waals surface area contributed by atoms with Gasteiger partial charge in [0.25, 0.3) is 0 Å². The van der Waals surface area contributed by atoms with Crippen LogP contribution in [0, 0.1) is 0 Å². The molecule has 5 aromatic rings. The molecule has 3 aliphatic heterocycles. The number of hydrogen-bond acceptors (Lipinski definition) is 5. The van der Waals surface area contributed by atoms with Gasteiger partial charge in [0.2, 0.25) is 11.4 Å². The summed E-state index contributed by atoms with van der Waals surface area (Å²) in [7, 11) is 6.78. The van der Waals surface area contributed by atoms with Gasteiger partial charge in [-0.25, -0.2) is 0 Å². The molecule has 0 bridgehead atoms. The Bertz CT molecular complexity index is 2110. The number of benzene rings is 4. The van der Waals surface area contributed by atoms with Crippen LogP contribution in [0.2, 0.25) is 0 Å². The molecule has 8 rings (SSSR count). The molecule has 7 nitrogen and oxygen atoms in total. The lowest BCUT2D eigenvalue weighted by Gasteiger charge is -2.32. The molecule has 3 aliphatic rings. The van der Waals surface area contributed by atoms with E-state index >= 15 is 0 Å². The molecule has 1 atom stereocenters. The van der Waals surface area contributed by atoms with E-state index in [4.69, 9.17) is 9.47 Å². The zero-order valence-electron chi connectivity index (χ0n) is 29.1. The molecule has 4 heterocycles. The van der Waals surface area contributed by atoms with Gasteiger partial charge in [-0.15, -0.1) is 0 Å². The molecule has 0 radical (unpaired) electrons. The van der Waals surface area contributed by atoms with Crippen LogP contribution in [0.1, 0.15) is 24.0 Å². The van der Waals surface area contributed by atoms with Crippen LogP contribution in [0.3, 0.4) is 0 Å². The van der Waals surface area contributed by atoms with Gasteiger partial charge in [0.1, 0.15) is 5.75 Å². The Morgan fingerprint density at radius 2 is 1.56 bits per heavy atom. The second-order valence-electron chi connectivity index (χ2n) is 14.0. The van der Waals surface area contributed by atoms with Crippen LogP contribution in [0.15, 0.2) is 134 Å². The molecule has 1 N–H and O–H groups in total. The number of ether oxygens (including phenoxy) is 2.